The summed E-state index contributed by atoms with van der Waals surface area (Å²) < 4.78 is 51.3. The average molecular weight is 699 g/mol. The highest BCUT2D eigenvalue weighted by molar-refractivity contribution is 9.10. The summed E-state index contributed by atoms with van der Waals surface area (Å²) in [7, 11) is 0. The predicted molar refractivity (Wildman–Crippen MR) is 174 cm³/mol. The lowest BCUT2D eigenvalue weighted by atomic mass is 9.99. The molecule has 46 heavy (non-hydrogen) atoms. The Morgan fingerprint density at radius 3 is 2.24 bits per heavy atom. The fraction of sp³-hybridized carbons (Fsp3) is 0.278. The molecule has 0 spiro atoms. The Morgan fingerprint density at radius 1 is 0.870 bits per heavy atom. The van der Waals surface area contributed by atoms with Gasteiger partial charge in [-0.3, -0.25) is 4.79 Å². The van der Waals surface area contributed by atoms with E-state index in [0.717, 1.165) is 43.4 Å². The predicted octanol–water partition coefficient (Wildman–Crippen LogP) is 9.70. The third-order valence-electron chi connectivity index (χ3n) is 7.30. The number of carbonyl (C=O) groups is 2. The Balaban J connectivity index is 1.43. The number of para-hydroxylation sites is 1. The number of hydrogen-bond donors (Lipinski definition) is 2. The summed E-state index contributed by atoms with van der Waals surface area (Å²) in [6.07, 6.45) is 0.914. The summed E-state index contributed by atoms with van der Waals surface area (Å²) in [6.45, 7) is 2.61. The number of alkyl halides is 3. The molecule has 4 aromatic rings. The van der Waals surface area contributed by atoms with E-state index >= 15 is 0 Å². The Labute approximate surface area is 274 Å². The Hall–Kier alpha value is -4.31. The van der Waals surface area contributed by atoms with Gasteiger partial charge in [0, 0.05) is 16.5 Å². The van der Waals surface area contributed by atoms with Gasteiger partial charge in [0.2, 0.25) is 0 Å². The molecule has 1 atom stereocenters. The molecule has 0 fully saturated rings. The standard InChI is InChI=1S/C36H35BrF3NO5/c1-2-3-4-5-8-21-45-32-20-17-27(37)23-30(32)34(42)41-31(35(43)44)22-24-11-13-25(14-12-24)29-9-6-7-10-33(29)46-28-18-15-26(16-19-28)36(38,39)40/h6-7,9-20,23,31H,2-5,8,21-22H2,1H3,(H,41,42)(H,43,44)/t31-/m0/s1. The summed E-state index contributed by atoms with van der Waals surface area (Å²) >= 11 is 3.38. The zero-order valence-electron chi connectivity index (χ0n) is 25.3. The lowest BCUT2D eigenvalue weighted by Crippen LogP contribution is -2.42. The molecule has 2 N–H and O–H groups in total. The van der Waals surface area contributed by atoms with Gasteiger partial charge in [0.1, 0.15) is 23.3 Å². The van der Waals surface area contributed by atoms with Crippen molar-refractivity contribution in [3.05, 3.63) is 112 Å². The minimum atomic E-state index is -4.44. The van der Waals surface area contributed by atoms with E-state index < -0.39 is 29.7 Å². The zero-order chi connectivity index (χ0) is 33.1. The number of unbranched alkanes of at least 4 members (excludes halogenated alkanes) is 4. The second-order valence-electron chi connectivity index (χ2n) is 10.8. The number of halogens is 4. The first-order valence-corrected chi connectivity index (χ1v) is 15.8. The quantitative estimate of drug-likeness (QED) is 0.121. The molecule has 0 unspecified atom stereocenters. The first kappa shape index (κ1) is 34.6. The largest absolute Gasteiger partial charge is 0.493 e. The van der Waals surface area contributed by atoms with Crippen molar-refractivity contribution in [1.82, 2.24) is 5.32 Å². The van der Waals surface area contributed by atoms with Gasteiger partial charge >= 0.3 is 12.1 Å². The molecule has 0 bridgehead atoms. The summed E-state index contributed by atoms with van der Waals surface area (Å²) in [4.78, 5) is 25.4. The fourth-order valence-corrected chi connectivity index (χ4v) is 5.18. The number of nitrogens with one attached hydrogen (secondary N) is 1. The molecule has 0 aromatic heterocycles. The molecule has 4 aromatic carbocycles. The van der Waals surface area contributed by atoms with E-state index in [9.17, 15) is 27.9 Å². The van der Waals surface area contributed by atoms with Crippen molar-refractivity contribution in [2.24, 2.45) is 0 Å². The number of aliphatic carboxylic acids is 1. The lowest BCUT2D eigenvalue weighted by molar-refractivity contribution is -0.139. The number of amides is 1. The normalized spacial score (nSPS) is 11.9. The molecule has 10 heteroatoms. The number of benzene rings is 4. The van der Waals surface area contributed by atoms with Gasteiger partial charge in [-0.2, -0.15) is 13.2 Å². The molecular weight excluding hydrogens is 663 g/mol. The fourth-order valence-electron chi connectivity index (χ4n) is 4.82. The van der Waals surface area contributed by atoms with Gasteiger partial charge in [0.25, 0.3) is 5.91 Å². The SMILES string of the molecule is CCCCCCCOc1ccc(Br)cc1C(=O)N[C@@H](Cc1ccc(-c2ccccc2Oc2ccc(C(F)(F)F)cc2)cc1)C(=O)O. The van der Waals surface area contributed by atoms with E-state index in [4.69, 9.17) is 9.47 Å². The number of ether oxygens (including phenoxy) is 2. The highest BCUT2D eigenvalue weighted by Gasteiger charge is 2.30. The summed E-state index contributed by atoms with van der Waals surface area (Å²) in [5.41, 5.74) is 1.61. The van der Waals surface area contributed by atoms with E-state index in [1.807, 2.05) is 12.1 Å². The van der Waals surface area contributed by atoms with Crippen LogP contribution in [0.1, 0.15) is 60.5 Å². The van der Waals surface area contributed by atoms with Crippen LogP contribution in [-0.4, -0.2) is 29.6 Å². The molecule has 0 saturated carbocycles. The lowest BCUT2D eigenvalue weighted by Gasteiger charge is -2.17. The van der Waals surface area contributed by atoms with Crippen molar-refractivity contribution in [2.45, 2.75) is 57.7 Å². The van der Waals surface area contributed by atoms with Crippen LogP contribution in [0, 0.1) is 0 Å². The zero-order valence-corrected chi connectivity index (χ0v) is 26.9. The van der Waals surface area contributed by atoms with Crippen LogP contribution in [0.15, 0.2) is 95.5 Å². The minimum Gasteiger partial charge on any atom is -0.493 e. The topological polar surface area (TPSA) is 84.9 Å². The van der Waals surface area contributed by atoms with Crippen molar-refractivity contribution < 1.29 is 37.3 Å². The maximum absolute atomic E-state index is 13.2. The van der Waals surface area contributed by atoms with E-state index in [-0.39, 0.29) is 17.7 Å². The Kier molecular flexibility index (Phi) is 12.3. The number of rotatable bonds is 15. The first-order chi connectivity index (χ1) is 22.0. The second-order valence-corrected chi connectivity index (χ2v) is 11.7. The van der Waals surface area contributed by atoms with Crippen LogP contribution in [0.4, 0.5) is 13.2 Å². The summed E-state index contributed by atoms with van der Waals surface area (Å²) in [5.74, 6) is -0.648. The average Bonchev–Trinajstić information content (AvgIpc) is 3.03. The van der Waals surface area contributed by atoms with E-state index in [0.29, 0.717) is 33.7 Å². The van der Waals surface area contributed by atoms with Crippen molar-refractivity contribution >= 4 is 27.8 Å². The molecule has 1 amide bonds. The Bertz CT molecular complexity index is 1610. The molecule has 0 aliphatic carbocycles. The monoisotopic (exact) mass is 697 g/mol. The highest BCUT2D eigenvalue weighted by Crippen LogP contribution is 2.35. The molecule has 0 saturated heterocycles. The van der Waals surface area contributed by atoms with Gasteiger partial charge in [0.15, 0.2) is 0 Å². The van der Waals surface area contributed by atoms with Crippen LogP contribution in [0.5, 0.6) is 17.2 Å². The second kappa shape index (κ2) is 16.3. The van der Waals surface area contributed by atoms with Gasteiger partial charge in [-0.05, 0) is 66.1 Å². The molecule has 242 valence electrons. The van der Waals surface area contributed by atoms with Crippen molar-refractivity contribution in [3.63, 3.8) is 0 Å². The smallest absolute Gasteiger partial charge is 0.416 e. The van der Waals surface area contributed by atoms with Crippen LogP contribution in [0.25, 0.3) is 11.1 Å². The number of hydrogen-bond acceptors (Lipinski definition) is 4. The van der Waals surface area contributed by atoms with Gasteiger partial charge in [0.05, 0.1) is 17.7 Å². The highest BCUT2D eigenvalue weighted by atomic mass is 79.9. The van der Waals surface area contributed by atoms with Crippen molar-refractivity contribution in [3.8, 4) is 28.4 Å². The Morgan fingerprint density at radius 2 is 1.57 bits per heavy atom. The number of carboxylic acids is 1. The first-order valence-electron chi connectivity index (χ1n) is 15.0. The maximum atomic E-state index is 13.2. The maximum Gasteiger partial charge on any atom is 0.416 e. The van der Waals surface area contributed by atoms with Crippen LogP contribution >= 0.6 is 15.9 Å². The summed E-state index contributed by atoms with van der Waals surface area (Å²) in [5, 5.41) is 12.6. The molecule has 0 heterocycles. The third kappa shape index (κ3) is 9.84. The van der Waals surface area contributed by atoms with Crippen LogP contribution in [0.3, 0.4) is 0 Å². The number of carbonyl (C=O) groups excluding carboxylic acids is 1. The molecule has 0 aliphatic rings. The van der Waals surface area contributed by atoms with Crippen LogP contribution in [-0.2, 0) is 17.4 Å². The minimum absolute atomic E-state index is 0.0344. The van der Waals surface area contributed by atoms with Gasteiger partial charge in [-0.15, -0.1) is 0 Å². The number of carboxylic acid groups (broad SMARTS) is 1. The van der Waals surface area contributed by atoms with E-state index in [2.05, 4.69) is 28.2 Å². The van der Waals surface area contributed by atoms with Crippen LogP contribution < -0.4 is 14.8 Å². The van der Waals surface area contributed by atoms with Crippen molar-refractivity contribution in [2.75, 3.05) is 6.61 Å². The molecule has 4 rings (SSSR count). The molecular formula is C36H35BrF3NO5. The molecule has 0 radical (unpaired) electrons. The van der Waals surface area contributed by atoms with Gasteiger partial charge in [-0.1, -0.05) is 91.0 Å². The third-order valence-corrected chi connectivity index (χ3v) is 7.79. The van der Waals surface area contributed by atoms with Gasteiger partial charge in [-0.25, -0.2) is 4.79 Å². The molecule has 6 nitrogen and oxygen atoms in total. The summed E-state index contributed by atoms with van der Waals surface area (Å²) in [6, 6.07) is 22.5. The van der Waals surface area contributed by atoms with Crippen molar-refractivity contribution in [1.29, 1.82) is 0 Å². The van der Waals surface area contributed by atoms with Crippen LogP contribution in [0.2, 0.25) is 0 Å². The van der Waals surface area contributed by atoms with E-state index in [1.54, 1.807) is 54.6 Å². The van der Waals surface area contributed by atoms with Gasteiger partial charge < -0.3 is 19.9 Å². The molecule has 0 aliphatic heterocycles. The van der Waals surface area contributed by atoms with E-state index in [1.165, 1.54) is 18.6 Å².